The molecular formula is C15H31IN4O3. The van der Waals surface area contributed by atoms with E-state index in [0.29, 0.717) is 39.5 Å². The molecule has 0 unspecified atom stereocenters. The number of hydrogen-bond acceptors (Lipinski definition) is 4. The van der Waals surface area contributed by atoms with Gasteiger partial charge in [-0.2, -0.15) is 0 Å². The second-order valence-corrected chi connectivity index (χ2v) is 5.21. The lowest BCUT2D eigenvalue weighted by Crippen LogP contribution is -2.41. The molecule has 136 valence electrons. The second-order valence-electron chi connectivity index (χ2n) is 5.21. The summed E-state index contributed by atoms with van der Waals surface area (Å²) >= 11 is 0. The molecule has 23 heavy (non-hydrogen) atoms. The van der Waals surface area contributed by atoms with Gasteiger partial charge in [-0.05, 0) is 26.2 Å². The van der Waals surface area contributed by atoms with Crippen molar-refractivity contribution < 1.29 is 14.3 Å². The van der Waals surface area contributed by atoms with Crippen molar-refractivity contribution in [2.75, 3.05) is 53.1 Å². The lowest BCUT2D eigenvalue weighted by atomic mass is 10.4. The van der Waals surface area contributed by atoms with Gasteiger partial charge in [0.25, 0.3) is 0 Å². The van der Waals surface area contributed by atoms with Crippen LogP contribution in [0.2, 0.25) is 0 Å². The summed E-state index contributed by atoms with van der Waals surface area (Å²) in [5, 5.41) is 9.31. The monoisotopic (exact) mass is 442 g/mol. The molecule has 0 atom stereocenters. The van der Waals surface area contributed by atoms with E-state index in [0.717, 1.165) is 31.8 Å². The normalized spacial score (nSPS) is 14.1. The van der Waals surface area contributed by atoms with Crippen LogP contribution in [0.15, 0.2) is 4.99 Å². The topological polar surface area (TPSA) is 84.0 Å². The maximum absolute atomic E-state index is 11.5. The molecule has 1 fully saturated rings. The summed E-state index contributed by atoms with van der Waals surface area (Å²) in [6.07, 6.45) is 2.95. The third kappa shape index (κ3) is 12.5. The lowest BCUT2D eigenvalue weighted by molar-refractivity contribution is -0.122. The van der Waals surface area contributed by atoms with Crippen LogP contribution in [0.4, 0.5) is 0 Å². The van der Waals surface area contributed by atoms with Crippen molar-refractivity contribution in [1.82, 2.24) is 16.0 Å². The Morgan fingerprint density at radius 2 is 1.87 bits per heavy atom. The van der Waals surface area contributed by atoms with Gasteiger partial charge in [0, 0.05) is 45.8 Å². The number of ether oxygens (including phenoxy) is 2. The summed E-state index contributed by atoms with van der Waals surface area (Å²) in [4.78, 5) is 16.0. The molecule has 1 aliphatic rings. The molecule has 8 heteroatoms. The molecule has 7 nitrogen and oxygen atoms in total. The molecule has 0 aromatic carbocycles. The van der Waals surface area contributed by atoms with Gasteiger partial charge in [0.2, 0.25) is 5.91 Å². The van der Waals surface area contributed by atoms with E-state index in [4.69, 9.17) is 9.47 Å². The predicted molar refractivity (Wildman–Crippen MR) is 102 cm³/mol. The third-order valence-electron chi connectivity index (χ3n) is 3.16. The minimum Gasteiger partial charge on any atom is -0.382 e. The zero-order chi connectivity index (χ0) is 16.0. The first-order valence-corrected chi connectivity index (χ1v) is 8.14. The number of amides is 1. The fraction of sp³-hybridized carbons (Fsp3) is 0.867. The standard InChI is InChI=1S/C15H30N4O3.HI/c1-3-16-15(18-7-4-10-22-12-11-21-2)19-9-8-17-14(20)13-5-6-13;/h13H,3-12H2,1-2H3,(H,17,20)(H2,16,18,19);1H. The largest absolute Gasteiger partial charge is 0.382 e. The maximum atomic E-state index is 11.5. The Balaban J connectivity index is 0.00000484. The number of nitrogens with one attached hydrogen (secondary N) is 3. The molecule has 1 rings (SSSR count). The van der Waals surface area contributed by atoms with Crippen molar-refractivity contribution in [1.29, 1.82) is 0 Å². The molecule has 0 heterocycles. The summed E-state index contributed by atoms with van der Waals surface area (Å²) in [5.74, 6) is 1.22. The summed E-state index contributed by atoms with van der Waals surface area (Å²) in [6, 6.07) is 0. The molecule has 0 aliphatic heterocycles. The number of rotatable bonds is 12. The number of nitrogens with zero attached hydrogens (tertiary/aromatic N) is 1. The Morgan fingerprint density at radius 3 is 2.52 bits per heavy atom. The smallest absolute Gasteiger partial charge is 0.223 e. The summed E-state index contributed by atoms with van der Waals surface area (Å²) < 4.78 is 10.3. The van der Waals surface area contributed by atoms with Gasteiger partial charge in [0.15, 0.2) is 5.96 Å². The highest BCUT2D eigenvalue weighted by atomic mass is 127. The van der Waals surface area contributed by atoms with Crippen LogP contribution in [0.25, 0.3) is 0 Å². The van der Waals surface area contributed by atoms with E-state index in [-0.39, 0.29) is 35.8 Å². The van der Waals surface area contributed by atoms with Crippen molar-refractivity contribution in [2.45, 2.75) is 26.2 Å². The number of hydrogen-bond donors (Lipinski definition) is 3. The van der Waals surface area contributed by atoms with Crippen LogP contribution in [0.3, 0.4) is 0 Å². The third-order valence-corrected chi connectivity index (χ3v) is 3.16. The Labute approximate surface area is 156 Å². The van der Waals surface area contributed by atoms with Crippen molar-refractivity contribution >= 4 is 35.8 Å². The first kappa shape index (κ1) is 22.4. The molecule has 0 saturated heterocycles. The van der Waals surface area contributed by atoms with E-state index in [1.807, 2.05) is 6.92 Å². The van der Waals surface area contributed by atoms with E-state index < -0.39 is 0 Å². The van der Waals surface area contributed by atoms with Gasteiger partial charge < -0.3 is 25.4 Å². The summed E-state index contributed by atoms with van der Waals surface area (Å²) in [6.45, 7) is 6.78. The minimum atomic E-state index is 0. The quantitative estimate of drug-likeness (QED) is 0.180. The van der Waals surface area contributed by atoms with Crippen molar-refractivity contribution in [3.05, 3.63) is 0 Å². The molecule has 1 amide bonds. The first-order chi connectivity index (χ1) is 10.8. The first-order valence-electron chi connectivity index (χ1n) is 8.14. The van der Waals surface area contributed by atoms with Crippen LogP contribution in [0, 0.1) is 5.92 Å². The Bertz CT molecular complexity index is 339. The number of carbonyl (C=O) groups is 1. The fourth-order valence-corrected chi connectivity index (χ4v) is 1.80. The van der Waals surface area contributed by atoms with Crippen molar-refractivity contribution in [3.8, 4) is 0 Å². The van der Waals surface area contributed by atoms with E-state index in [9.17, 15) is 4.79 Å². The summed E-state index contributed by atoms with van der Waals surface area (Å²) in [7, 11) is 1.66. The van der Waals surface area contributed by atoms with Gasteiger partial charge in [-0.3, -0.25) is 9.79 Å². The fourth-order valence-electron chi connectivity index (χ4n) is 1.80. The summed E-state index contributed by atoms with van der Waals surface area (Å²) in [5.41, 5.74) is 0. The van der Waals surface area contributed by atoms with Crippen molar-refractivity contribution in [2.24, 2.45) is 10.9 Å². The number of halogens is 1. The predicted octanol–water partition coefficient (Wildman–Crippen LogP) is 0.739. The zero-order valence-corrected chi connectivity index (χ0v) is 16.6. The highest BCUT2D eigenvalue weighted by molar-refractivity contribution is 14.0. The molecule has 0 aromatic rings. The van der Waals surface area contributed by atoms with Crippen molar-refractivity contribution in [3.63, 3.8) is 0 Å². The van der Waals surface area contributed by atoms with Gasteiger partial charge in [-0.1, -0.05) is 0 Å². The molecule has 1 saturated carbocycles. The van der Waals surface area contributed by atoms with E-state index in [2.05, 4.69) is 20.9 Å². The molecular weight excluding hydrogens is 411 g/mol. The highest BCUT2D eigenvalue weighted by Gasteiger charge is 2.28. The van der Waals surface area contributed by atoms with E-state index in [1.54, 1.807) is 7.11 Å². The SMILES string of the molecule is CCNC(=NCCCOCCOC)NCCNC(=O)C1CC1.I. The number of guanidine groups is 1. The van der Waals surface area contributed by atoms with Crippen LogP contribution >= 0.6 is 24.0 Å². The number of methoxy groups -OCH3 is 1. The molecule has 0 bridgehead atoms. The molecule has 1 aliphatic carbocycles. The van der Waals surface area contributed by atoms with E-state index in [1.165, 1.54) is 0 Å². The van der Waals surface area contributed by atoms with Crippen LogP contribution in [0.5, 0.6) is 0 Å². The number of aliphatic imine (C=N–C) groups is 1. The average molecular weight is 442 g/mol. The van der Waals surface area contributed by atoms with Gasteiger partial charge >= 0.3 is 0 Å². The van der Waals surface area contributed by atoms with Gasteiger partial charge in [-0.25, -0.2) is 0 Å². The van der Waals surface area contributed by atoms with Crippen LogP contribution in [-0.4, -0.2) is 65.0 Å². The minimum absolute atomic E-state index is 0. The molecule has 0 spiro atoms. The van der Waals surface area contributed by atoms with Gasteiger partial charge in [0.1, 0.15) is 0 Å². The highest BCUT2D eigenvalue weighted by Crippen LogP contribution is 2.28. The Morgan fingerprint density at radius 1 is 1.13 bits per heavy atom. The molecule has 0 radical (unpaired) electrons. The van der Waals surface area contributed by atoms with E-state index >= 15 is 0 Å². The Hall–Kier alpha value is -0.610. The maximum Gasteiger partial charge on any atom is 0.223 e. The zero-order valence-electron chi connectivity index (χ0n) is 14.2. The van der Waals surface area contributed by atoms with Crippen LogP contribution in [0.1, 0.15) is 26.2 Å². The Kier molecular flexibility index (Phi) is 14.6. The average Bonchev–Trinajstić information content (AvgIpc) is 3.35. The second kappa shape index (κ2) is 14.9. The number of carbonyl (C=O) groups excluding carboxylic acids is 1. The lowest BCUT2D eigenvalue weighted by Gasteiger charge is -2.11. The van der Waals surface area contributed by atoms with Gasteiger partial charge in [0.05, 0.1) is 13.2 Å². The van der Waals surface area contributed by atoms with Crippen LogP contribution < -0.4 is 16.0 Å². The van der Waals surface area contributed by atoms with Gasteiger partial charge in [-0.15, -0.1) is 24.0 Å². The van der Waals surface area contributed by atoms with Crippen LogP contribution in [-0.2, 0) is 14.3 Å². The molecule has 3 N–H and O–H groups in total. The molecule has 0 aromatic heterocycles.